The predicted molar refractivity (Wildman–Crippen MR) is 95.9 cm³/mol. The van der Waals surface area contributed by atoms with E-state index in [1.165, 1.54) is 18.7 Å². The molecule has 0 atom stereocenters. The van der Waals surface area contributed by atoms with Crippen LogP contribution in [0.5, 0.6) is 11.5 Å². The summed E-state index contributed by atoms with van der Waals surface area (Å²) in [6.45, 7) is -1.89. The molecule has 0 radical (unpaired) electrons. The Morgan fingerprint density at radius 3 is 2.76 bits per heavy atom. The molecule has 0 aliphatic carbocycles. The molecule has 0 saturated heterocycles. The number of methoxy groups -OCH3 is 1. The molecule has 2 rings (SSSR count). The SMILES string of the molecule is CN=C(NCCc1ccsc1)NCc1cc(OC)ccc1OC(F)F. The second kappa shape index (κ2) is 9.83. The molecule has 0 unspecified atom stereocenters. The fraction of sp³-hybridized carbons (Fsp3) is 0.353. The van der Waals surface area contributed by atoms with E-state index in [9.17, 15) is 8.78 Å². The van der Waals surface area contributed by atoms with Gasteiger partial charge in [0.25, 0.3) is 0 Å². The molecule has 1 aromatic heterocycles. The van der Waals surface area contributed by atoms with Crippen molar-refractivity contribution in [3.63, 3.8) is 0 Å². The van der Waals surface area contributed by atoms with E-state index in [-0.39, 0.29) is 12.3 Å². The molecule has 0 spiro atoms. The van der Waals surface area contributed by atoms with Gasteiger partial charge in [-0.1, -0.05) is 0 Å². The standard InChI is InChI=1S/C17H21F2N3O2S/c1-20-17(21-7-5-12-6-8-25-11-12)22-10-13-9-14(23-2)3-4-15(13)24-16(18)19/h3-4,6,8-9,11,16H,5,7,10H2,1-2H3,(H2,20,21,22). The molecule has 0 aliphatic heterocycles. The van der Waals surface area contributed by atoms with Crippen LogP contribution in [0.25, 0.3) is 0 Å². The minimum Gasteiger partial charge on any atom is -0.497 e. The first-order valence-electron chi connectivity index (χ1n) is 7.69. The largest absolute Gasteiger partial charge is 0.497 e. The van der Waals surface area contributed by atoms with Crippen LogP contribution in [0.1, 0.15) is 11.1 Å². The number of thiophene rings is 1. The van der Waals surface area contributed by atoms with Crippen LogP contribution in [-0.2, 0) is 13.0 Å². The zero-order valence-electron chi connectivity index (χ0n) is 14.1. The topological polar surface area (TPSA) is 54.9 Å². The van der Waals surface area contributed by atoms with Crippen LogP contribution in [-0.4, -0.2) is 33.3 Å². The number of guanidine groups is 1. The van der Waals surface area contributed by atoms with Gasteiger partial charge in [0.2, 0.25) is 0 Å². The molecule has 2 aromatic rings. The Morgan fingerprint density at radius 1 is 1.28 bits per heavy atom. The smallest absolute Gasteiger partial charge is 0.387 e. The van der Waals surface area contributed by atoms with Crippen LogP contribution in [0.3, 0.4) is 0 Å². The lowest BCUT2D eigenvalue weighted by Gasteiger charge is -2.15. The van der Waals surface area contributed by atoms with Crippen LogP contribution in [0.15, 0.2) is 40.0 Å². The molecule has 0 bridgehead atoms. The third kappa shape index (κ3) is 6.22. The zero-order chi connectivity index (χ0) is 18.1. The Kier molecular flexibility index (Phi) is 7.46. The summed E-state index contributed by atoms with van der Waals surface area (Å²) < 4.78 is 34.8. The lowest BCUT2D eigenvalue weighted by atomic mass is 10.2. The molecule has 0 saturated carbocycles. The lowest BCUT2D eigenvalue weighted by Crippen LogP contribution is -2.37. The van der Waals surface area contributed by atoms with Crippen molar-refractivity contribution < 1.29 is 18.3 Å². The third-order valence-corrected chi connectivity index (χ3v) is 4.17. The molecule has 8 heteroatoms. The molecule has 0 amide bonds. The summed E-state index contributed by atoms with van der Waals surface area (Å²) >= 11 is 1.66. The van der Waals surface area contributed by atoms with Crippen molar-refractivity contribution in [3.05, 3.63) is 46.2 Å². The number of aliphatic imine (C=N–C) groups is 1. The Hall–Kier alpha value is -2.35. The van der Waals surface area contributed by atoms with Gasteiger partial charge in [0.15, 0.2) is 5.96 Å². The second-order valence-electron chi connectivity index (χ2n) is 5.09. The van der Waals surface area contributed by atoms with Crippen molar-refractivity contribution in [1.29, 1.82) is 0 Å². The molecule has 5 nitrogen and oxygen atoms in total. The highest BCUT2D eigenvalue weighted by atomic mass is 32.1. The van der Waals surface area contributed by atoms with Gasteiger partial charge in [-0.05, 0) is 47.0 Å². The van der Waals surface area contributed by atoms with Crippen LogP contribution in [0.4, 0.5) is 8.78 Å². The minimum absolute atomic E-state index is 0.108. The molecule has 25 heavy (non-hydrogen) atoms. The molecule has 1 heterocycles. The molecule has 0 fully saturated rings. The maximum atomic E-state index is 12.5. The maximum absolute atomic E-state index is 12.5. The van der Waals surface area contributed by atoms with Crippen molar-refractivity contribution in [2.45, 2.75) is 19.6 Å². The number of nitrogens with zero attached hydrogens (tertiary/aromatic N) is 1. The number of benzene rings is 1. The zero-order valence-corrected chi connectivity index (χ0v) is 14.9. The minimum atomic E-state index is -2.88. The van der Waals surface area contributed by atoms with E-state index in [2.05, 4.69) is 31.8 Å². The first-order chi connectivity index (χ1) is 12.1. The summed E-state index contributed by atoms with van der Waals surface area (Å²) in [7, 11) is 3.17. The van der Waals surface area contributed by atoms with Crippen LogP contribution >= 0.6 is 11.3 Å². The fourth-order valence-corrected chi connectivity index (χ4v) is 2.89. The second-order valence-corrected chi connectivity index (χ2v) is 5.87. The summed E-state index contributed by atoms with van der Waals surface area (Å²) in [5, 5.41) is 10.4. The average Bonchev–Trinajstić information content (AvgIpc) is 3.12. The molecule has 0 aliphatic rings. The summed E-state index contributed by atoms with van der Waals surface area (Å²) in [5.74, 6) is 1.26. The Bertz CT molecular complexity index is 679. The van der Waals surface area contributed by atoms with E-state index in [1.807, 2.05) is 5.38 Å². The third-order valence-electron chi connectivity index (χ3n) is 3.44. The highest BCUT2D eigenvalue weighted by molar-refractivity contribution is 7.07. The van der Waals surface area contributed by atoms with Gasteiger partial charge in [-0.2, -0.15) is 20.1 Å². The van der Waals surface area contributed by atoms with E-state index in [0.29, 0.717) is 17.3 Å². The van der Waals surface area contributed by atoms with Gasteiger partial charge in [0.1, 0.15) is 11.5 Å². The van der Waals surface area contributed by atoms with Gasteiger partial charge in [0.05, 0.1) is 7.11 Å². The van der Waals surface area contributed by atoms with Gasteiger partial charge in [-0.15, -0.1) is 0 Å². The van der Waals surface area contributed by atoms with Gasteiger partial charge in [0, 0.05) is 25.7 Å². The number of hydrogen-bond acceptors (Lipinski definition) is 4. The molecule has 136 valence electrons. The van der Waals surface area contributed by atoms with Crippen LogP contribution in [0.2, 0.25) is 0 Å². The number of hydrogen-bond donors (Lipinski definition) is 2. The van der Waals surface area contributed by atoms with Crippen LogP contribution in [0, 0.1) is 0 Å². The average molecular weight is 369 g/mol. The Morgan fingerprint density at radius 2 is 2.12 bits per heavy atom. The first kappa shape index (κ1) is 19.0. The Labute approximate surface area is 149 Å². The van der Waals surface area contributed by atoms with Gasteiger partial charge in [-0.25, -0.2) is 0 Å². The van der Waals surface area contributed by atoms with E-state index >= 15 is 0 Å². The predicted octanol–water partition coefficient (Wildman–Crippen LogP) is 3.27. The molecule has 2 N–H and O–H groups in total. The Balaban J connectivity index is 1.92. The number of alkyl halides is 2. The van der Waals surface area contributed by atoms with Crippen molar-refractivity contribution in [2.75, 3.05) is 20.7 Å². The van der Waals surface area contributed by atoms with Gasteiger partial charge in [-0.3, -0.25) is 4.99 Å². The number of halogens is 2. The van der Waals surface area contributed by atoms with E-state index in [1.54, 1.807) is 30.5 Å². The number of ether oxygens (including phenoxy) is 2. The summed E-state index contributed by atoms with van der Waals surface area (Å²) in [6, 6.07) is 6.78. The molecular formula is C17H21F2N3O2S. The number of nitrogens with one attached hydrogen (secondary N) is 2. The van der Waals surface area contributed by atoms with E-state index in [0.717, 1.165) is 13.0 Å². The summed E-state index contributed by atoms with van der Waals surface area (Å²) in [5.41, 5.74) is 1.81. The molecular weight excluding hydrogens is 348 g/mol. The monoisotopic (exact) mass is 369 g/mol. The van der Waals surface area contributed by atoms with Gasteiger partial charge < -0.3 is 20.1 Å². The van der Waals surface area contributed by atoms with Crippen molar-refractivity contribution in [3.8, 4) is 11.5 Å². The molecule has 1 aromatic carbocycles. The lowest BCUT2D eigenvalue weighted by molar-refractivity contribution is -0.0504. The van der Waals surface area contributed by atoms with Crippen molar-refractivity contribution >= 4 is 17.3 Å². The number of rotatable bonds is 8. The van der Waals surface area contributed by atoms with Gasteiger partial charge >= 0.3 is 6.61 Å². The first-order valence-corrected chi connectivity index (χ1v) is 8.64. The van der Waals surface area contributed by atoms with Crippen molar-refractivity contribution in [1.82, 2.24) is 10.6 Å². The fourth-order valence-electron chi connectivity index (χ4n) is 2.19. The van der Waals surface area contributed by atoms with Crippen molar-refractivity contribution in [2.24, 2.45) is 4.99 Å². The summed E-state index contributed by atoms with van der Waals surface area (Å²) in [4.78, 5) is 4.13. The normalized spacial score (nSPS) is 11.5. The van der Waals surface area contributed by atoms with E-state index in [4.69, 9.17) is 4.74 Å². The van der Waals surface area contributed by atoms with Crippen LogP contribution < -0.4 is 20.1 Å². The highest BCUT2D eigenvalue weighted by Gasteiger charge is 2.11. The quantitative estimate of drug-likeness (QED) is 0.554. The highest BCUT2D eigenvalue weighted by Crippen LogP contribution is 2.25. The summed E-state index contributed by atoms with van der Waals surface area (Å²) in [6.07, 6.45) is 0.878. The maximum Gasteiger partial charge on any atom is 0.387 e. The van der Waals surface area contributed by atoms with E-state index < -0.39 is 6.61 Å².